The first-order chi connectivity index (χ1) is 35.0. The van der Waals surface area contributed by atoms with Crippen LogP contribution in [0.3, 0.4) is 0 Å². The molecular weight excluding hydrogens is 1010 g/mol. The molecule has 0 aliphatic heterocycles. The van der Waals surface area contributed by atoms with Crippen LogP contribution < -0.4 is 31.9 Å². The molecule has 1 aliphatic rings. The highest BCUT2D eigenvalue weighted by Crippen LogP contribution is 2.40. The molecule has 5 amide bonds. The van der Waals surface area contributed by atoms with Crippen LogP contribution in [0.4, 0.5) is 4.39 Å². The summed E-state index contributed by atoms with van der Waals surface area (Å²) in [6.45, 7) is 19.8. The summed E-state index contributed by atoms with van der Waals surface area (Å²) in [5.41, 5.74) is 5.32. The van der Waals surface area contributed by atoms with Crippen molar-refractivity contribution in [1.82, 2.24) is 25.7 Å². The Morgan fingerprint density at radius 2 is 1.29 bits per heavy atom. The Labute approximate surface area is 448 Å². The number of halogens is 1. The van der Waals surface area contributed by atoms with Crippen LogP contribution in [0.25, 0.3) is 0 Å². The molecule has 75 heavy (non-hydrogen) atoms. The molecule has 1 fully saturated rings. The summed E-state index contributed by atoms with van der Waals surface area (Å²) in [6, 6.07) is 14.8. The predicted octanol–water partition coefficient (Wildman–Crippen LogP) is 6.88. The maximum Gasteiger partial charge on any atom is 0.264 e. The molecule has 8 N–H and O–H groups in total. The van der Waals surface area contributed by atoms with Gasteiger partial charge in [-0.3, -0.25) is 29.2 Å². The quantitative estimate of drug-likeness (QED) is 0.0201. The number of primary amides is 1. The lowest BCUT2D eigenvalue weighted by Crippen LogP contribution is -2.59. The van der Waals surface area contributed by atoms with E-state index in [1.807, 2.05) is 55.4 Å². The Bertz CT molecular complexity index is 2480. The van der Waals surface area contributed by atoms with E-state index in [2.05, 4.69) is 16.0 Å². The lowest BCUT2D eigenvalue weighted by atomic mass is 9.89. The smallest absolute Gasteiger partial charge is 0.264 e. The van der Waals surface area contributed by atoms with Crippen LogP contribution >= 0.6 is 12.6 Å². The predicted molar refractivity (Wildman–Crippen MR) is 287 cm³/mol. The number of phenols is 1. The van der Waals surface area contributed by atoms with E-state index in [9.17, 15) is 47.1 Å². The Morgan fingerprint density at radius 1 is 0.773 bits per heavy atom. The summed E-state index contributed by atoms with van der Waals surface area (Å²) >= 11 is 4.71. The summed E-state index contributed by atoms with van der Waals surface area (Å²) in [4.78, 5) is 64.6. The average Bonchev–Trinajstić information content (AvgIpc) is 3.82. The number of sulfonamides is 1. The standard InChI is InChI=1S/C52H75FN6O12S2.C2H6/c1-35-25-36(11-20-42(35)60)26-41(46(54)64)57-45(63)27-48(2,3)31-69-32-50(6,7)30-56-44(62)28-51(8,72)34-70-33-49(4,5)29-55-43(61)21-24-59(52(47(65)58-66)22-9-10-23-52)73(67,68)40-18-16-39(17-19-40)71-38-14-12-37(53)13-15-38;1-2/h11-20,25,41,60,66,72H,9-10,21-24,26-34H2,1-8H3,(H2,54,64)(H,55,61)(H,56,62)(H,57,63)(H,58,65);1-2H3. The molecule has 0 bridgehead atoms. The third-order valence-electron chi connectivity index (χ3n) is 12.4. The van der Waals surface area contributed by atoms with Crippen molar-refractivity contribution in [3.05, 3.63) is 83.7 Å². The Morgan fingerprint density at radius 3 is 1.83 bits per heavy atom. The van der Waals surface area contributed by atoms with Gasteiger partial charge in [-0.1, -0.05) is 80.4 Å². The number of thiol groups is 1. The highest BCUT2D eigenvalue weighted by atomic mass is 32.2. The fourth-order valence-corrected chi connectivity index (χ4v) is 10.4. The zero-order valence-corrected chi connectivity index (χ0v) is 47.0. The van der Waals surface area contributed by atoms with Crippen molar-refractivity contribution >= 4 is 52.2 Å². The van der Waals surface area contributed by atoms with Crippen LogP contribution in [0, 0.1) is 29.0 Å². The number of phenolic OH excluding ortho intramolecular Hbond substituents is 1. The summed E-state index contributed by atoms with van der Waals surface area (Å²) in [7, 11) is -4.41. The number of carbonyl (C=O) groups excluding carboxylic acids is 5. The number of nitrogens with two attached hydrogens (primary N) is 1. The fraction of sp³-hybridized carbons (Fsp3) is 0.574. The van der Waals surface area contributed by atoms with Gasteiger partial charge in [0.15, 0.2) is 0 Å². The van der Waals surface area contributed by atoms with Crippen molar-refractivity contribution in [2.45, 2.75) is 142 Å². The molecule has 418 valence electrons. The molecule has 3 aromatic rings. The van der Waals surface area contributed by atoms with E-state index >= 15 is 0 Å². The largest absolute Gasteiger partial charge is 0.508 e. The normalized spacial score (nSPS) is 14.9. The van der Waals surface area contributed by atoms with E-state index in [1.165, 1.54) is 54.6 Å². The van der Waals surface area contributed by atoms with Crippen molar-refractivity contribution in [2.75, 3.05) is 46.1 Å². The van der Waals surface area contributed by atoms with Crippen molar-refractivity contribution < 1.29 is 61.3 Å². The van der Waals surface area contributed by atoms with Gasteiger partial charge in [-0.05, 0) is 97.8 Å². The van der Waals surface area contributed by atoms with Gasteiger partial charge in [0.05, 0.1) is 31.3 Å². The topological polar surface area (TPSA) is 265 Å². The van der Waals surface area contributed by atoms with E-state index in [1.54, 1.807) is 31.5 Å². The van der Waals surface area contributed by atoms with Crippen LogP contribution in [-0.4, -0.2) is 115 Å². The monoisotopic (exact) mass is 1090 g/mol. The van der Waals surface area contributed by atoms with Crippen LogP contribution in [0.1, 0.15) is 118 Å². The third-order valence-corrected chi connectivity index (χ3v) is 14.7. The molecule has 1 aliphatic carbocycles. The molecule has 21 heteroatoms. The SMILES string of the molecule is CC.Cc1cc(CC(NC(=O)CC(C)(C)COCC(C)(C)CNC(=O)CC(C)(S)COCC(C)(C)CNC(=O)CCN(C2(C(=O)NO)CCCC2)S(=O)(=O)c2ccc(Oc3ccc(F)cc3)cc2)C(N)=O)ccc1O. The number of hydrogen-bond acceptors (Lipinski definition) is 13. The van der Waals surface area contributed by atoms with Gasteiger partial charge in [-0.15, -0.1) is 0 Å². The van der Waals surface area contributed by atoms with Gasteiger partial charge in [0.2, 0.25) is 33.7 Å². The minimum Gasteiger partial charge on any atom is -0.508 e. The highest BCUT2D eigenvalue weighted by Gasteiger charge is 2.51. The number of aryl methyl sites for hydroxylation is 1. The minimum absolute atomic E-state index is 0.0358. The van der Waals surface area contributed by atoms with E-state index < -0.39 is 66.1 Å². The molecule has 0 heterocycles. The summed E-state index contributed by atoms with van der Waals surface area (Å²) < 4.78 is 59.8. The number of hydroxylamine groups is 1. The number of nitrogens with zero attached hydrogens (tertiary/aromatic N) is 1. The first kappa shape index (κ1) is 64.0. The van der Waals surface area contributed by atoms with E-state index in [-0.39, 0.29) is 106 Å². The number of benzene rings is 3. The minimum atomic E-state index is -4.41. The lowest BCUT2D eigenvalue weighted by molar-refractivity contribution is -0.139. The van der Waals surface area contributed by atoms with E-state index in [0.717, 1.165) is 9.87 Å². The number of aromatic hydroxyl groups is 1. The summed E-state index contributed by atoms with van der Waals surface area (Å²) in [6.07, 6.45) is 1.30. The van der Waals surface area contributed by atoms with Gasteiger partial charge < -0.3 is 41.0 Å². The zero-order valence-electron chi connectivity index (χ0n) is 45.3. The maximum absolute atomic E-state index is 14.3. The number of amides is 5. The number of hydrogen-bond donors (Lipinski definition) is 8. The molecule has 0 aromatic heterocycles. The number of carbonyl (C=O) groups is 5. The molecule has 0 spiro atoms. The second kappa shape index (κ2) is 28.2. The van der Waals surface area contributed by atoms with Crippen molar-refractivity contribution in [2.24, 2.45) is 22.0 Å². The second-order valence-electron chi connectivity index (χ2n) is 21.8. The number of nitrogens with one attached hydrogen (secondary N) is 4. The van der Waals surface area contributed by atoms with E-state index in [4.69, 9.17) is 32.6 Å². The van der Waals surface area contributed by atoms with Gasteiger partial charge in [-0.25, -0.2) is 18.3 Å². The van der Waals surface area contributed by atoms with Gasteiger partial charge in [0.1, 0.15) is 34.6 Å². The molecule has 3 aromatic carbocycles. The molecule has 2 atom stereocenters. The van der Waals surface area contributed by atoms with Gasteiger partial charge in [0, 0.05) is 60.9 Å². The fourth-order valence-electron chi connectivity index (χ4n) is 8.38. The molecule has 4 rings (SSSR count). The molecule has 0 saturated heterocycles. The van der Waals surface area contributed by atoms with E-state index in [0.29, 0.717) is 30.7 Å². The summed E-state index contributed by atoms with van der Waals surface area (Å²) in [5, 5.41) is 28.1. The van der Waals surface area contributed by atoms with Gasteiger partial charge >= 0.3 is 0 Å². The Kier molecular flexibility index (Phi) is 24.0. The molecule has 0 radical (unpaired) electrons. The molecule has 18 nitrogen and oxygen atoms in total. The highest BCUT2D eigenvalue weighted by molar-refractivity contribution is 7.89. The Balaban J connectivity index is 0.00000732. The molecular formula is C54H81FN6O12S2. The van der Waals surface area contributed by atoms with Crippen LogP contribution in [-0.2, 0) is 49.9 Å². The van der Waals surface area contributed by atoms with Gasteiger partial charge in [-0.2, -0.15) is 16.9 Å². The maximum atomic E-state index is 14.3. The third kappa shape index (κ3) is 20.6. The number of ether oxygens (including phenoxy) is 3. The molecule has 2 unspecified atom stereocenters. The first-order valence-electron chi connectivity index (χ1n) is 25.3. The lowest BCUT2D eigenvalue weighted by Gasteiger charge is -2.38. The average molecular weight is 1090 g/mol. The van der Waals surface area contributed by atoms with Gasteiger partial charge in [0.25, 0.3) is 5.91 Å². The zero-order chi connectivity index (χ0) is 56.4. The van der Waals surface area contributed by atoms with Crippen LogP contribution in [0.5, 0.6) is 17.2 Å². The summed E-state index contributed by atoms with van der Waals surface area (Å²) in [5.74, 6) is -2.33. The van der Waals surface area contributed by atoms with Crippen LogP contribution in [0.2, 0.25) is 0 Å². The first-order valence-corrected chi connectivity index (χ1v) is 27.2. The number of rotatable bonds is 29. The van der Waals surface area contributed by atoms with Crippen molar-refractivity contribution in [3.8, 4) is 17.2 Å². The van der Waals surface area contributed by atoms with Crippen LogP contribution in [0.15, 0.2) is 71.6 Å². The molecule has 1 saturated carbocycles. The second-order valence-corrected chi connectivity index (χ2v) is 24.7. The Hall–Kier alpha value is -5.32. The van der Waals surface area contributed by atoms with Crippen molar-refractivity contribution in [3.63, 3.8) is 0 Å². The van der Waals surface area contributed by atoms with Crippen molar-refractivity contribution in [1.29, 1.82) is 0 Å².